The van der Waals surface area contributed by atoms with Gasteiger partial charge >= 0.3 is 0 Å². The van der Waals surface area contributed by atoms with Crippen LogP contribution >= 0.6 is 0 Å². The van der Waals surface area contributed by atoms with Crippen molar-refractivity contribution in [3.05, 3.63) is 72.2 Å². The lowest BCUT2D eigenvalue weighted by atomic mass is 9.96. The molecule has 0 spiro atoms. The van der Waals surface area contributed by atoms with Crippen LogP contribution in [0.25, 0.3) is 11.0 Å². The van der Waals surface area contributed by atoms with Crippen molar-refractivity contribution in [3.8, 4) is 11.6 Å². The molecule has 2 aromatic carbocycles. The molecule has 2 aromatic heterocycles. The van der Waals surface area contributed by atoms with E-state index in [1.165, 1.54) is 0 Å². The Morgan fingerprint density at radius 2 is 1.79 bits per heavy atom. The summed E-state index contributed by atoms with van der Waals surface area (Å²) >= 11 is 0. The van der Waals surface area contributed by atoms with Crippen LogP contribution in [0.15, 0.2) is 60.8 Å². The maximum absolute atomic E-state index is 13.0. The summed E-state index contributed by atoms with van der Waals surface area (Å²) in [7, 11) is 3.33. The molecule has 3 heterocycles. The zero-order valence-corrected chi connectivity index (χ0v) is 19.6. The number of ether oxygens (including phenoxy) is 2. The van der Waals surface area contributed by atoms with Gasteiger partial charge in [0.1, 0.15) is 23.7 Å². The molecule has 1 aliphatic heterocycles. The number of likely N-dealkylation sites (tertiary alicyclic amines) is 1. The van der Waals surface area contributed by atoms with Crippen LogP contribution in [0, 0.1) is 5.92 Å². The number of carbonyl (C=O) groups excluding carboxylic acids is 1. The Balaban J connectivity index is 1.28. The van der Waals surface area contributed by atoms with Gasteiger partial charge in [0.05, 0.1) is 18.1 Å². The highest BCUT2D eigenvalue weighted by molar-refractivity contribution is 5.96. The van der Waals surface area contributed by atoms with Crippen molar-refractivity contribution in [1.82, 2.24) is 24.2 Å². The molecular formula is C26H29N5O3. The number of methoxy groups -OCH3 is 1. The number of para-hydroxylation sites is 3. The van der Waals surface area contributed by atoms with E-state index in [1.54, 1.807) is 25.0 Å². The van der Waals surface area contributed by atoms with Crippen LogP contribution in [-0.4, -0.2) is 50.3 Å². The average Bonchev–Trinajstić information content (AvgIpc) is 3.43. The van der Waals surface area contributed by atoms with E-state index in [2.05, 4.69) is 15.7 Å². The molecule has 8 heteroatoms. The van der Waals surface area contributed by atoms with Gasteiger partial charge in [0.15, 0.2) is 0 Å². The number of piperidine rings is 1. The van der Waals surface area contributed by atoms with Crippen molar-refractivity contribution in [2.45, 2.75) is 26.0 Å². The van der Waals surface area contributed by atoms with Crippen molar-refractivity contribution < 1.29 is 14.3 Å². The lowest BCUT2D eigenvalue weighted by molar-refractivity contribution is 0.0679. The third-order valence-corrected chi connectivity index (χ3v) is 6.41. The number of imidazole rings is 1. The van der Waals surface area contributed by atoms with E-state index in [-0.39, 0.29) is 5.91 Å². The summed E-state index contributed by atoms with van der Waals surface area (Å²) in [6, 6.07) is 18.0. The molecule has 1 amide bonds. The number of rotatable bonds is 7. The Labute approximate surface area is 198 Å². The molecular weight excluding hydrogens is 430 g/mol. The quantitative estimate of drug-likeness (QED) is 0.419. The zero-order chi connectivity index (χ0) is 23.5. The van der Waals surface area contributed by atoms with Crippen molar-refractivity contribution >= 4 is 16.9 Å². The lowest BCUT2D eigenvalue weighted by Gasteiger charge is -2.32. The fourth-order valence-corrected chi connectivity index (χ4v) is 4.62. The molecule has 0 bridgehead atoms. The Kier molecular flexibility index (Phi) is 6.20. The van der Waals surface area contributed by atoms with Crippen LogP contribution in [0.3, 0.4) is 0 Å². The monoisotopic (exact) mass is 459 g/mol. The largest absolute Gasteiger partial charge is 0.486 e. The number of amides is 1. The lowest BCUT2D eigenvalue weighted by Crippen LogP contribution is -2.39. The second kappa shape index (κ2) is 9.59. The van der Waals surface area contributed by atoms with Crippen molar-refractivity contribution in [3.63, 3.8) is 0 Å². The van der Waals surface area contributed by atoms with Gasteiger partial charge in [0.2, 0.25) is 5.88 Å². The van der Waals surface area contributed by atoms with Gasteiger partial charge in [0, 0.05) is 32.9 Å². The maximum atomic E-state index is 13.0. The number of benzene rings is 2. The minimum absolute atomic E-state index is 0.0200. The topological polar surface area (TPSA) is 74.4 Å². The first-order valence-electron chi connectivity index (χ1n) is 11.6. The first-order valence-corrected chi connectivity index (χ1v) is 11.6. The summed E-state index contributed by atoms with van der Waals surface area (Å²) in [5.74, 6) is 2.56. The smallest absolute Gasteiger partial charge is 0.260 e. The maximum Gasteiger partial charge on any atom is 0.260 e. The molecule has 5 rings (SSSR count). The van der Waals surface area contributed by atoms with Crippen LogP contribution in [-0.2, 0) is 20.2 Å². The third-order valence-electron chi connectivity index (χ3n) is 6.41. The van der Waals surface area contributed by atoms with E-state index in [1.807, 2.05) is 53.4 Å². The number of aromatic nitrogens is 4. The Bertz CT molecular complexity index is 1270. The predicted octanol–water partition coefficient (Wildman–Crippen LogP) is 3.91. The highest BCUT2D eigenvalue weighted by Gasteiger charge is 2.28. The molecule has 0 saturated carbocycles. The van der Waals surface area contributed by atoms with Crippen molar-refractivity contribution in [1.29, 1.82) is 0 Å². The average molecular weight is 460 g/mol. The molecule has 0 atom stereocenters. The van der Waals surface area contributed by atoms with Gasteiger partial charge in [-0.15, -0.1) is 5.10 Å². The van der Waals surface area contributed by atoms with Gasteiger partial charge in [-0.1, -0.05) is 30.3 Å². The molecule has 1 fully saturated rings. The van der Waals surface area contributed by atoms with Crippen molar-refractivity contribution in [2.24, 2.45) is 13.0 Å². The van der Waals surface area contributed by atoms with Crippen LogP contribution in [0.2, 0.25) is 0 Å². The minimum Gasteiger partial charge on any atom is -0.486 e. The van der Waals surface area contributed by atoms with Crippen LogP contribution in [0.1, 0.15) is 29.0 Å². The summed E-state index contributed by atoms with van der Waals surface area (Å²) in [6.45, 7) is 2.69. The second-order valence-electron chi connectivity index (χ2n) is 8.69. The first kappa shape index (κ1) is 22.0. The second-order valence-corrected chi connectivity index (χ2v) is 8.69. The van der Waals surface area contributed by atoms with E-state index < -0.39 is 0 Å². The third kappa shape index (κ3) is 4.48. The number of nitrogens with zero attached hydrogens (tertiary/aromatic N) is 5. The summed E-state index contributed by atoms with van der Waals surface area (Å²) < 4.78 is 15.2. The number of hydrogen-bond acceptors (Lipinski definition) is 5. The SMILES string of the molecule is COc1nn(C)cc1C(=O)N1CCC(Cn2c(COc3ccccc3)nc3ccccc32)CC1. The van der Waals surface area contributed by atoms with E-state index >= 15 is 0 Å². The number of fused-ring (bicyclic) bond motifs is 1. The summed E-state index contributed by atoms with van der Waals surface area (Å²) in [4.78, 5) is 19.8. The van der Waals surface area contributed by atoms with E-state index in [0.717, 1.165) is 42.0 Å². The normalized spacial score (nSPS) is 14.5. The van der Waals surface area contributed by atoms with Crippen LogP contribution in [0.5, 0.6) is 11.6 Å². The Hall–Kier alpha value is -3.81. The molecule has 176 valence electrons. The van der Waals surface area contributed by atoms with Crippen LogP contribution in [0.4, 0.5) is 0 Å². The number of carbonyl (C=O) groups is 1. The Morgan fingerprint density at radius 3 is 2.56 bits per heavy atom. The Morgan fingerprint density at radius 1 is 1.06 bits per heavy atom. The molecule has 4 aromatic rings. The van der Waals surface area contributed by atoms with E-state index in [4.69, 9.17) is 14.5 Å². The predicted molar refractivity (Wildman–Crippen MR) is 129 cm³/mol. The molecule has 0 N–H and O–H groups in total. The molecule has 34 heavy (non-hydrogen) atoms. The van der Waals surface area contributed by atoms with E-state index in [0.29, 0.717) is 37.1 Å². The first-order chi connectivity index (χ1) is 16.6. The highest BCUT2D eigenvalue weighted by Crippen LogP contribution is 2.26. The number of hydrogen-bond donors (Lipinski definition) is 0. The zero-order valence-electron chi connectivity index (χ0n) is 19.6. The molecule has 0 unspecified atom stereocenters. The fraction of sp³-hybridized carbons (Fsp3) is 0.346. The van der Waals surface area contributed by atoms with Gasteiger partial charge in [-0.3, -0.25) is 9.48 Å². The van der Waals surface area contributed by atoms with Gasteiger partial charge in [0.25, 0.3) is 5.91 Å². The molecule has 0 aliphatic carbocycles. The van der Waals surface area contributed by atoms with E-state index in [9.17, 15) is 4.79 Å². The summed E-state index contributed by atoms with van der Waals surface area (Å²) in [6.07, 6.45) is 3.59. The van der Waals surface area contributed by atoms with Gasteiger partial charge in [-0.25, -0.2) is 4.98 Å². The van der Waals surface area contributed by atoms with Crippen LogP contribution < -0.4 is 9.47 Å². The minimum atomic E-state index is -0.0200. The number of aryl methyl sites for hydroxylation is 1. The van der Waals surface area contributed by atoms with Gasteiger partial charge in [-0.05, 0) is 43.0 Å². The molecule has 0 radical (unpaired) electrons. The standard InChI is InChI=1S/C26H29N5O3/c1-29-17-21(25(28-29)33-2)26(32)30-14-12-19(13-15-30)16-31-23-11-7-6-10-22(23)27-24(31)18-34-20-8-4-3-5-9-20/h3-11,17,19H,12-16,18H2,1-2H3. The van der Waals surface area contributed by atoms with Gasteiger partial charge in [-0.2, -0.15) is 0 Å². The molecule has 1 saturated heterocycles. The fourth-order valence-electron chi connectivity index (χ4n) is 4.62. The molecule has 8 nitrogen and oxygen atoms in total. The summed E-state index contributed by atoms with van der Waals surface area (Å²) in [5.41, 5.74) is 2.61. The molecule has 1 aliphatic rings. The van der Waals surface area contributed by atoms with Gasteiger partial charge < -0.3 is 18.9 Å². The summed E-state index contributed by atoms with van der Waals surface area (Å²) in [5, 5.41) is 4.21. The highest BCUT2D eigenvalue weighted by atomic mass is 16.5. The van der Waals surface area contributed by atoms with Crippen molar-refractivity contribution in [2.75, 3.05) is 20.2 Å².